The van der Waals surface area contributed by atoms with Crippen LogP contribution in [0.15, 0.2) is 58.4 Å². The topological polar surface area (TPSA) is 68.2 Å². The molecule has 1 saturated heterocycles. The SMILES string of the molecule is CN=C(NCc1ccccc1S(=O)(=O)N(C)C)N1CCN(c2ccc(F)cc2)CC1.I. The van der Waals surface area contributed by atoms with Gasteiger partial charge in [0, 0.05) is 59.6 Å². The molecule has 1 aliphatic heterocycles. The fourth-order valence-corrected chi connectivity index (χ4v) is 4.55. The molecule has 0 amide bonds. The molecule has 0 spiro atoms. The largest absolute Gasteiger partial charge is 0.368 e. The lowest BCUT2D eigenvalue weighted by Gasteiger charge is -2.37. The smallest absolute Gasteiger partial charge is 0.242 e. The van der Waals surface area contributed by atoms with Gasteiger partial charge in [-0.15, -0.1) is 24.0 Å². The van der Waals surface area contributed by atoms with Gasteiger partial charge in [-0.2, -0.15) is 0 Å². The van der Waals surface area contributed by atoms with Gasteiger partial charge in [0.25, 0.3) is 0 Å². The monoisotopic (exact) mass is 561 g/mol. The first-order chi connectivity index (χ1) is 14.3. The van der Waals surface area contributed by atoms with Crippen LogP contribution in [0, 0.1) is 5.82 Å². The second-order valence-corrected chi connectivity index (χ2v) is 9.37. The number of rotatable bonds is 5. The fraction of sp³-hybridized carbons (Fsp3) is 0.381. The molecule has 2 aromatic carbocycles. The molecule has 170 valence electrons. The zero-order valence-corrected chi connectivity index (χ0v) is 21.1. The minimum absolute atomic E-state index is 0. The third-order valence-electron chi connectivity index (χ3n) is 5.15. The molecule has 0 radical (unpaired) electrons. The minimum atomic E-state index is -3.52. The summed E-state index contributed by atoms with van der Waals surface area (Å²) in [5.41, 5.74) is 1.69. The number of aliphatic imine (C=N–C) groups is 1. The third kappa shape index (κ3) is 6.07. The van der Waals surface area contributed by atoms with Gasteiger partial charge in [0.1, 0.15) is 5.82 Å². The summed E-state index contributed by atoms with van der Waals surface area (Å²) in [6.45, 7) is 3.45. The van der Waals surface area contributed by atoms with Gasteiger partial charge in [-0.05, 0) is 35.9 Å². The van der Waals surface area contributed by atoms with Gasteiger partial charge in [-0.3, -0.25) is 4.99 Å². The van der Waals surface area contributed by atoms with Crippen LogP contribution in [-0.4, -0.2) is 70.9 Å². The van der Waals surface area contributed by atoms with Gasteiger partial charge in [-0.25, -0.2) is 17.1 Å². The van der Waals surface area contributed by atoms with Crippen molar-refractivity contribution in [2.45, 2.75) is 11.4 Å². The van der Waals surface area contributed by atoms with E-state index in [0.717, 1.165) is 37.8 Å². The quantitative estimate of drug-likeness (QED) is 0.346. The standard InChI is InChI=1S/C21H28FN5O2S.HI/c1-23-21(24-16-17-6-4-5-7-20(17)30(28,29)25(2)3)27-14-12-26(13-15-27)19-10-8-18(22)9-11-19;/h4-11H,12-16H2,1-3H3,(H,23,24);1H. The van der Waals surface area contributed by atoms with E-state index >= 15 is 0 Å². The molecule has 1 heterocycles. The third-order valence-corrected chi connectivity index (χ3v) is 7.07. The Bertz CT molecular complexity index is 991. The Morgan fingerprint density at radius 2 is 1.68 bits per heavy atom. The first kappa shape index (κ1) is 25.3. The normalized spacial score (nSPS) is 15.1. The van der Waals surface area contributed by atoms with Crippen LogP contribution in [0.1, 0.15) is 5.56 Å². The Labute approximate surface area is 201 Å². The van der Waals surface area contributed by atoms with Crippen LogP contribution in [0.4, 0.5) is 10.1 Å². The minimum Gasteiger partial charge on any atom is -0.368 e. The fourth-order valence-electron chi connectivity index (χ4n) is 3.43. The van der Waals surface area contributed by atoms with E-state index in [9.17, 15) is 12.8 Å². The lowest BCUT2D eigenvalue weighted by Crippen LogP contribution is -2.52. The number of benzene rings is 2. The van der Waals surface area contributed by atoms with Gasteiger partial charge in [0.05, 0.1) is 4.90 Å². The van der Waals surface area contributed by atoms with Crippen molar-refractivity contribution < 1.29 is 12.8 Å². The van der Waals surface area contributed by atoms with E-state index in [-0.39, 0.29) is 29.8 Å². The predicted molar refractivity (Wildman–Crippen MR) is 133 cm³/mol. The molecular formula is C21H29FIN5O2S. The van der Waals surface area contributed by atoms with Crippen LogP contribution in [0.25, 0.3) is 0 Å². The second kappa shape index (κ2) is 11.1. The van der Waals surface area contributed by atoms with Crippen LogP contribution >= 0.6 is 24.0 Å². The molecule has 0 saturated carbocycles. The summed E-state index contributed by atoms with van der Waals surface area (Å²) in [6.07, 6.45) is 0. The highest BCUT2D eigenvalue weighted by Gasteiger charge is 2.23. The molecule has 7 nitrogen and oxygen atoms in total. The first-order valence-corrected chi connectivity index (χ1v) is 11.2. The Morgan fingerprint density at radius 3 is 2.26 bits per heavy atom. The van der Waals surface area contributed by atoms with Crippen molar-refractivity contribution in [1.29, 1.82) is 0 Å². The highest BCUT2D eigenvalue weighted by Crippen LogP contribution is 2.19. The predicted octanol–water partition coefficient (Wildman–Crippen LogP) is 2.59. The van der Waals surface area contributed by atoms with Crippen molar-refractivity contribution in [3.05, 3.63) is 59.9 Å². The summed E-state index contributed by atoms with van der Waals surface area (Å²) < 4.78 is 39.5. The summed E-state index contributed by atoms with van der Waals surface area (Å²) in [4.78, 5) is 9.01. The number of anilines is 1. The summed E-state index contributed by atoms with van der Waals surface area (Å²) in [6, 6.07) is 13.5. The molecule has 0 bridgehead atoms. The van der Waals surface area contributed by atoms with E-state index in [1.807, 2.05) is 12.1 Å². The maximum absolute atomic E-state index is 13.1. The van der Waals surface area contributed by atoms with Crippen LogP contribution in [-0.2, 0) is 16.6 Å². The van der Waals surface area contributed by atoms with Crippen LogP contribution < -0.4 is 10.2 Å². The second-order valence-electron chi connectivity index (χ2n) is 7.25. The molecule has 0 unspecified atom stereocenters. The molecule has 1 fully saturated rings. The van der Waals surface area contributed by atoms with Crippen molar-refractivity contribution in [2.24, 2.45) is 4.99 Å². The van der Waals surface area contributed by atoms with Crippen LogP contribution in [0.3, 0.4) is 0 Å². The van der Waals surface area contributed by atoms with Crippen molar-refractivity contribution in [1.82, 2.24) is 14.5 Å². The molecule has 10 heteroatoms. The zero-order valence-electron chi connectivity index (χ0n) is 18.0. The lowest BCUT2D eigenvalue weighted by molar-refractivity contribution is 0.372. The molecule has 2 aromatic rings. The number of nitrogens with zero attached hydrogens (tertiary/aromatic N) is 4. The molecule has 1 N–H and O–H groups in total. The van der Waals surface area contributed by atoms with Crippen molar-refractivity contribution in [3.8, 4) is 0 Å². The van der Waals surface area contributed by atoms with E-state index in [1.165, 1.54) is 30.5 Å². The number of nitrogens with one attached hydrogen (secondary N) is 1. The molecule has 3 rings (SSSR count). The van der Waals surface area contributed by atoms with Gasteiger partial charge >= 0.3 is 0 Å². The van der Waals surface area contributed by atoms with Gasteiger partial charge in [0.2, 0.25) is 10.0 Å². The van der Waals surface area contributed by atoms with Gasteiger partial charge in [0.15, 0.2) is 5.96 Å². The average Bonchev–Trinajstić information content (AvgIpc) is 2.75. The van der Waals surface area contributed by atoms with E-state index in [1.54, 1.807) is 31.3 Å². The van der Waals surface area contributed by atoms with Gasteiger partial charge < -0.3 is 15.1 Å². The number of hydrogen-bond donors (Lipinski definition) is 1. The summed E-state index contributed by atoms with van der Waals surface area (Å²) in [7, 11) is 1.25. The van der Waals surface area contributed by atoms with Crippen molar-refractivity contribution >= 4 is 45.6 Å². The highest BCUT2D eigenvalue weighted by atomic mass is 127. The van der Waals surface area contributed by atoms with Gasteiger partial charge in [-0.1, -0.05) is 18.2 Å². The summed E-state index contributed by atoms with van der Waals surface area (Å²) >= 11 is 0. The van der Waals surface area contributed by atoms with E-state index in [0.29, 0.717) is 17.0 Å². The molecular weight excluding hydrogens is 532 g/mol. The summed E-state index contributed by atoms with van der Waals surface area (Å²) in [5.74, 6) is 0.490. The molecule has 0 atom stereocenters. The molecule has 31 heavy (non-hydrogen) atoms. The number of halogens is 2. The number of sulfonamides is 1. The average molecular weight is 561 g/mol. The van der Waals surface area contributed by atoms with Crippen molar-refractivity contribution in [2.75, 3.05) is 52.2 Å². The molecule has 1 aliphatic rings. The van der Waals surface area contributed by atoms with Crippen LogP contribution in [0.5, 0.6) is 0 Å². The molecule has 0 aliphatic carbocycles. The zero-order chi connectivity index (χ0) is 21.7. The Hall–Kier alpha value is -1.92. The Kier molecular flexibility index (Phi) is 9.07. The Morgan fingerprint density at radius 1 is 1.06 bits per heavy atom. The lowest BCUT2D eigenvalue weighted by atomic mass is 10.2. The number of piperazine rings is 1. The van der Waals surface area contributed by atoms with E-state index in [4.69, 9.17) is 0 Å². The number of guanidine groups is 1. The Balaban J connectivity index is 0.00000341. The summed E-state index contributed by atoms with van der Waals surface area (Å²) in [5, 5.41) is 3.29. The maximum Gasteiger partial charge on any atom is 0.242 e. The van der Waals surface area contributed by atoms with E-state index in [2.05, 4.69) is 20.1 Å². The number of hydrogen-bond acceptors (Lipinski definition) is 4. The van der Waals surface area contributed by atoms with Crippen LogP contribution in [0.2, 0.25) is 0 Å². The highest BCUT2D eigenvalue weighted by molar-refractivity contribution is 14.0. The van der Waals surface area contributed by atoms with Crippen molar-refractivity contribution in [3.63, 3.8) is 0 Å². The van der Waals surface area contributed by atoms with E-state index < -0.39 is 10.0 Å². The molecule has 0 aromatic heterocycles. The first-order valence-electron chi connectivity index (χ1n) is 9.79. The maximum atomic E-state index is 13.1.